The zero-order chi connectivity index (χ0) is 28.6. The molecule has 0 fully saturated rings. The summed E-state index contributed by atoms with van der Waals surface area (Å²) in [5, 5.41) is 18.6. The van der Waals surface area contributed by atoms with Gasteiger partial charge in [0.15, 0.2) is 0 Å². The first-order chi connectivity index (χ1) is 19.3. The lowest BCUT2D eigenvalue weighted by Gasteiger charge is -2.29. The first-order valence-electron chi connectivity index (χ1n) is 13.6. The van der Waals surface area contributed by atoms with Gasteiger partial charge in [0, 0.05) is 13.0 Å². The molecule has 4 amide bonds. The SMILES string of the molecule is CC[C@H](C)[C@H](NC(=O)COCCCF)C(=O)N[C@H]1CCc2cccc3c2N(C1=O)[C@H](C(=O)NCc1cn[nH]n1)C3. The number of H-pyrrole nitrogens is 1. The molecule has 13 heteroatoms. The van der Waals surface area contributed by atoms with E-state index in [0.29, 0.717) is 31.4 Å². The van der Waals surface area contributed by atoms with Crippen LogP contribution < -0.4 is 20.9 Å². The summed E-state index contributed by atoms with van der Waals surface area (Å²) in [7, 11) is 0. The molecule has 216 valence electrons. The van der Waals surface area contributed by atoms with Crippen LogP contribution in [0.25, 0.3) is 0 Å². The third-order valence-corrected chi connectivity index (χ3v) is 7.40. The quantitative estimate of drug-likeness (QED) is 0.264. The van der Waals surface area contributed by atoms with Crippen LogP contribution in [0.3, 0.4) is 0 Å². The van der Waals surface area contributed by atoms with Gasteiger partial charge in [-0.2, -0.15) is 15.4 Å². The van der Waals surface area contributed by atoms with E-state index in [2.05, 4.69) is 31.4 Å². The van der Waals surface area contributed by atoms with E-state index in [0.717, 1.165) is 16.8 Å². The summed E-state index contributed by atoms with van der Waals surface area (Å²) in [4.78, 5) is 54.5. The second-order valence-electron chi connectivity index (χ2n) is 10.2. The van der Waals surface area contributed by atoms with Crippen molar-refractivity contribution in [3.63, 3.8) is 0 Å². The van der Waals surface area contributed by atoms with E-state index in [4.69, 9.17) is 4.74 Å². The van der Waals surface area contributed by atoms with E-state index >= 15 is 0 Å². The van der Waals surface area contributed by atoms with Gasteiger partial charge in [0.05, 0.1) is 25.1 Å². The van der Waals surface area contributed by atoms with Gasteiger partial charge in [-0.1, -0.05) is 38.5 Å². The maximum Gasteiger partial charge on any atom is 0.250 e. The number of nitrogens with zero attached hydrogens (tertiary/aromatic N) is 3. The monoisotopic (exact) mass is 557 g/mol. The Morgan fingerprint density at radius 2 is 2.08 bits per heavy atom. The van der Waals surface area contributed by atoms with Crippen LogP contribution in [0, 0.1) is 5.92 Å². The molecule has 0 saturated carbocycles. The molecular formula is C27H36FN7O5. The number of ether oxygens (including phenoxy) is 1. The van der Waals surface area contributed by atoms with Crippen molar-refractivity contribution in [1.82, 2.24) is 31.4 Å². The predicted octanol–water partition coefficient (Wildman–Crippen LogP) is 0.717. The average Bonchev–Trinajstić information content (AvgIpc) is 3.59. The lowest BCUT2D eigenvalue weighted by atomic mass is 9.97. The molecule has 2 aliphatic heterocycles. The summed E-state index contributed by atoms with van der Waals surface area (Å²) in [6.45, 7) is 3.16. The fourth-order valence-corrected chi connectivity index (χ4v) is 5.08. The van der Waals surface area contributed by atoms with E-state index in [9.17, 15) is 23.6 Å². The van der Waals surface area contributed by atoms with Crippen molar-refractivity contribution in [3.8, 4) is 0 Å². The summed E-state index contributed by atoms with van der Waals surface area (Å²) < 4.78 is 17.5. The number of aryl methyl sites for hydroxylation is 1. The van der Waals surface area contributed by atoms with Crippen molar-refractivity contribution in [2.24, 2.45) is 5.92 Å². The van der Waals surface area contributed by atoms with Crippen molar-refractivity contribution in [1.29, 1.82) is 0 Å². The topological polar surface area (TPSA) is 158 Å². The standard InChI is InChI=1S/C27H36FN7O5/c1-3-16(2)23(32-22(36)15-40-11-5-10-28)26(38)31-20-9-8-17-6-4-7-18-12-21(35(24(17)18)27(20)39)25(37)29-13-19-14-30-34-33-19/h4,6-7,14,16,20-21,23H,3,5,8-13,15H2,1-2H3,(H,29,37)(H,31,38)(H,32,36)(H,30,33,34)/t16-,20-,21-,23-/m0/s1. The summed E-state index contributed by atoms with van der Waals surface area (Å²) in [5.74, 6) is -1.90. The number of alkyl halides is 1. The highest BCUT2D eigenvalue weighted by atomic mass is 19.1. The van der Waals surface area contributed by atoms with Crippen molar-refractivity contribution in [2.45, 2.75) is 70.6 Å². The summed E-state index contributed by atoms with van der Waals surface area (Å²) >= 11 is 0. The van der Waals surface area contributed by atoms with Crippen LogP contribution in [0.4, 0.5) is 10.1 Å². The van der Waals surface area contributed by atoms with Crippen LogP contribution in [0.1, 0.15) is 49.9 Å². The van der Waals surface area contributed by atoms with Crippen LogP contribution in [0.5, 0.6) is 0 Å². The number of hydrogen-bond acceptors (Lipinski definition) is 7. The molecule has 1 aromatic heterocycles. The van der Waals surface area contributed by atoms with Gasteiger partial charge in [-0.25, -0.2) is 0 Å². The number of para-hydroxylation sites is 1. The van der Waals surface area contributed by atoms with E-state index < -0.39 is 36.6 Å². The third kappa shape index (κ3) is 6.64. The molecule has 0 spiro atoms. The number of halogens is 1. The number of benzene rings is 1. The molecule has 12 nitrogen and oxygen atoms in total. The Balaban J connectivity index is 1.48. The summed E-state index contributed by atoms with van der Waals surface area (Å²) in [6.07, 6.45) is 3.53. The average molecular weight is 558 g/mol. The maximum atomic E-state index is 13.9. The number of anilines is 1. The van der Waals surface area contributed by atoms with Gasteiger partial charge in [0.1, 0.15) is 30.4 Å². The number of aromatic amines is 1. The number of nitrogens with one attached hydrogen (secondary N) is 4. The molecule has 1 aromatic carbocycles. The van der Waals surface area contributed by atoms with Crippen LogP contribution in [-0.2, 0) is 43.3 Å². The molecule has 2 aliphatic rings. The van der Waals surface area contributed by atoms with Gasteiger partial charge < -0.3 is 20.7 Å². The van der Waals surface area contributed by atoms with E-state index in [-0.39, 0.29) is 43.9 Å². The Bertz CT molecular complexity index is 1210. The molecule has 4 rings (SSSR count). The Hall–Kier alpha value is -3.87. The molecule has 4 atom stereocenters. The van der Waals surface area contributed by atoms with Gasteiger partial charge in [-0.15, -0.1) is 0 Å². The van der Waals surface area contributed by atoms with Gasteiger partial charge in [-0.3, -0.25) is 28.5 Å². The smallest absolute Gasteiger partial charge is 0.250 e. The number of hydrogen-bond donors (Lipinski definition) is 4. The zero-order valence-electron chi connectivity index (χ0n) is 22.7. The molecule has 0 aliphatic carbocycles. The van der Waals surface area contributed by atoms with Crippen molar-refractivity contribution in [3.05, 3.63) is 41.2 Å². The van der Waals surface area contributed by atoms with Gasteiger partial charge >= 0.3 is 0 Å². The molecule has 0 unspecified atom stereocenters. The highest BCUT2D eigenvalue weighted by Crippen LogP contribution is 2.39. The van der Waals surface area contributed by atoms with Crippen LogP contribution in [0.2, 0.25) is 0 Å². The summed E-state index contributed by atoms with van der Waals surface area (Å²) in [6, 6.07) is 3.20. The lowest BCUT2D eigenvalue weighted by molar-refractivity contribution is -0.134. The second-order valence-corrected chi connectivity index (χ2v) is 10.2. The van der Waals surface area contributed by atoms with Gasteiger partial charge in [0.2, 0.25) is 23.6 Å². The highest BCUT2D eigenvalue weighted by molar-refractivity contribution is 6.08. The fraction of sp³-hybridized carbons (Fsp3) is 0.556. The lowest BCUT2D eigenvalue weighted by Crippen LogP contribution is -2.58. The molecule has 40 heavy (non-hydrogen) atoms. The van der Waals surface area contributed by atoms with Gasteiger partial charge in [-0.05, 0) is 36.3 Å². The third-order valence-electron chi connectivity index (χ3n) is 7.40. The largest absolute Gasteiger partial charge is 0.372 e. The summed E-state index contributed by atoms with van der Waals surface area (Å²) in [5.41, 5.74) is 3.12. The molecule has 3 heterocycles. The number of carbonyl (C=O) groups is 4. The molecule has 0 saturated heterocycles. The Morgan fingerprint density at radius 3 is 2.80 bits per heavy atom. The first kappa shape index (κ1) is 29.1. The molecule has 0 bridgehead atoms. The van der Waals surface area contributed by atoms with E-state index in [1.165, 1.54) is 11.1 Å². The minimum absolute atomic E-state index is 0.104. The molecule has 4 N–H and O–H groups in total. The van der Waals surface area contributed by atoms with Crippen LogP contribution in [0.15, 0.2) is 24.4 Å². The van der Waals surface area contributed by atoms with Gasteiger partial charge in [0.25, 0.3) is 0 Å². The van der Waals surface area contributed by atoms with E-state index in [1.807, 2.05) is 32.0 Å². The van der Waals surface area contributed by atoms with Crippen molar-refractivity contribution < 1.29 is 28.3 Å². The second kappa shape index (κ2) is 13.5. The Labute approximate surface area is 231 Å². The predicted molar refractivity (Wildman–Crippen MR) is 143 cm³/mol. The maximum absolute atomic E-state index is 13.9. The van der Waals surface area contributed by atoms with Crippen LogP contribution in [-0.4, -0.2) is 77.1 Å². The molecule has 2 aromatic rings. The highest BCUT2D eigenvalue weighted by Gasteiger charge is 2.44. The minimum Gasteiger partial charge on any atom is -0.372 e. The molecular weight excluding hydrogens is 521 g/mol. The number of rotatable bonds is 13. The zero-order valence-corrected chi connectivity index (χ0v) is 22.7. The van der Waals surface area contributed by atoms with Crippen molar-refractivity contribution >= 4 is 29.3 Å². The Kier molecular flexibility index (Phi) is 9.80. The van der Waals surface area contributed by atoms with E-state index in [1.54, 1.807) is 0 Å². The normalized spacial score (nSPS) is 19.4. The number of amides is 4. The fourth-order valence-electron chi connectivity index (χ4n) is 5.08. The minimum atomic E-state index is -0.892. The Morgan fingerprint density at radius 1 is 1.27 bits per heavy atom. The van der Waals surface area contributed by atoms with Crippen molar-refractivity contribution in [2.75, 3.05) is 24.8 Å². The number of carbonyl (C=O) groups excluding carboxylic acids is 4. The molecule has 0 radical (unpaired) electrons. The van der Waals surface area contributed by atoms with Crippen LogP contribution >= 0.6 is 0 Å². The first-order valence-corrected chi connectivity index (χ1v) is 13.6. The number of aromatic nitrogens is 3.